The summed E-state index contributed by atoms with van der Waals surface area (Å²) in [6.45, 7) is 11.5. The number of hydrogen-bond donors (Lipinski definition) is 0. The largest absolute Gasteiger partial charge is 0.459 e. The van der Waals surface area contributed by atoms with Crippen LogP contribution in [0.15, 0.2) is 69.6 Å². The molecule has 0 saturated carbocycles. The topological polar surface area (TPSA) is 63.9 Å². The van der Waals surface area contributed by atoms with E-state index in [1.807, 2.05) is 30.3 Å². The van der Waals surface area contributed by atoms with E-state index in [1.54, 1.807) is 37.5 Å². The van der Waals surface area contributed by atoms with Gasteiger partial charge in [-0.1, -0.05) is 47.2 Å². The average Bonchev–Trinajstić information content (AvgIpc) is 3.14. The van der Waals surface area contributed by atoms with E-state index in [4.69, 9.17) is 16.3 Å². The number of ether oxygens (including phenoxy) is 1. The van der Waals surface area contributed by atoms with Gasteiger partial charge in [-0.25, -0.2) is 9.79 Å². The number of nitrogens with zero attached hydrogens (tertiary/aromatic N) is 3. The first-order valence-corrected chi connectivity index (χ1v) is 13.3. The van der Waals surface area contributed by atoms with Crippen molar-refractivity contribution in [2.24, 2.45) is 4.99 Å². The van der Waals surface area contributed by atoms with Crippen molar-refractivity contribution in [3.63, 3.8) is 0 Å². The van der Waals surface area contributed by atoms with Crippen molar-refractivity contribution in [3.05, 3.63) is 95.6 Å². The van der Waals surface area contributed by atoms with E-state index < -0.39 is 12.0 Å². The molecule has 0 radical (unpaired) electrons. The van der Waals surface area contributed by atoms with E-state index >= 15 is 0 Å². The number of anilines is 1. The maximum atomic E-state index is 13.7. The lowest BCUT2D eigenvalue weighted by atomic mass is 9.96. The number of carbonyl (C=O) groups excluding carboxylic acids is 1. The Labute approximate surface area is 219 Å². The number of esters is 1. The first-order chi connectivity index (χ1) is 17.2. The van der Waals surface area contributed by atoms with E-state index in [9.17, 15) is 9.59 Å². The lowest BCUT2D eigenvalue weighted by molar-refractivity contribution is -0.143. The summed E-state index contributed by atoms with van der Waals surface area (Å²) in [7, 11) is 0. The van der Waals surface area contributed by atoms with Crippen LogP contribution in [0, 0.1) is 0 Å². The number of thiazole rings is 1. The monoisotopic (exact) mass is 523 g/mol. The van der Waals surface area contributed by atoms with Gasteiger partial charge in [0.15, 0.2) is 4.80 Å². The SMILES string of the molecule is CCN(CC)c1ccc(C=c2sc3n(c2=O)C(c2ccc(Cl)cc2)C(C(=O)OC(C)C)=C(C)N=3)cc1. The molecule has 0 fully saturated rings. The van der Waals surface area contributed by atoms with Gasteiger partial charge in [0.25, 0.3) is 5.56 Å². The number of carbonyl (C=O) groups is 1. The summed E-state index contributed by atoms with van der Waals surface area (Å²) in [4.78, 5) is 34.3. The first-order valence-electron chi connectivity index (χ1n) is 12.1. The third-order valence-electron chi connectivity index (χ3n) is 6.09. The molecule has 0 N–H and O–H groups in total. The number of halogens is 1. The molecule has 0 bridgehead atoms. The molecule has 3 aromatic rings. The molecular formula is C28H30ClN3O3S. The minimum Gasteiger partial charge on any atom is -0.459 e. The van der Waals surface area contributed by atoms with E-state index in [0.717, 1.165) is 29.9 Å². The number of rotatable bonds is 7. The summed E-state index contributed by atoms with van der Waals surface area (Å²) in [5.41, 5.74) is 3.53. The van der Waals surface area contributed by atoms with E-state index in [1.165, 1.54) is 11.3 Å². The van der Waals surface area contributed by atoms with Gasteiger partial charge in [0.05, 0.1) is 27.9 Å². The van der Waals surface area contributed by atoms with E-state index in [0.29, 0.717) is 25.6 Å². The standard InChI is InChI=1S/C28H30ClN3O3S/c1-6-31(7-2)22-14-8-19(9-15-22)16-23-26(33)32-25(20-10-12-21(29)13-11-20)24(27(34)35-17(3)4)18(5)30-28(32)36-23/h8-17,25H,6-7H2,1-5H3. The van der Waals surface area contributed by atoms with Gasteiger partial charge in [0.2, 0.25) is 0 Å². The Morgan fingerprint density at radius 2 is 1.78 bits per heavy atom. The molecule has 36 heavy (non-hydrogen) atoms. The Kier molecular flexibility index (Phi) is 7.81. The maximum absolute atomic E-state index is 13.7. The number of aromatic nitrogens is 1. The predicted octanol–water partition coefficient (Wildman–Crippen LogP) is 4.69. The lowest BCUT2D eigenvalue weighted by Crippen LogP contribution is -2.40. The van der Waals surface area contributed by atoms with Crippen LogP contribution >= 0.6 is 22.9 Å². The zero-order valence-electron chi connectivity index (χ0n) is 21.1. The van der Waals surface area contributed by atoms with E-state index in [2.05, 4.69) is 35.9 Å². The zero-order valence-corrected chi connectivity index (χ0v) is 22.7. The number of hydrogen-bond acceptors (Lipinski definition) is 6. The molecule has 6 nitrogen and oxygen atoms in total. The predicted molar refractivity (Wildman–Crippen MR) is 146 cm³/mol. The highest BCUT2D eigenvalue weighted by molar-refractivity contribution is 7.07. The third-order valence-corrected chi connectivity index (χ3v) is 7.32. The molecule has 0 spiro atoms. The minimum atomic E-state index is -0.656. The molecule has 2 heterocycles. The fraction of sp³-hybridized carbons (Fsp3) is 0.321. The van der Waals surface area contributed by atoms with Crippen LogP contribution in [0.5, 0.6) is 0 Å². The number of fused-ring (bicyclic) bond motifs is 1. The summed E-state index contributed by atoms with van der Waals surface area (Å²) in [6, 6.07) is 14.7. The molecule has 0 saturated heterocycles. The second-order valence-electron chi connectivity index (χ2n) is 8.85. The van der Waals surface area contributed by atoms with Crippen LogP contribution in [0.2, 0.25) is 5.02 Å². The molecule has 188 valence electrons. The average molecular weight is 524 g/mol. The van der Waals surface area contributed by atoms with Crippen LogP contribution in [0.3, 0.4) is 0 Å². The molecule has 1 aliphatic heterocycles. The van der Waals surface area contributed by atoms with Crippen LogP contribution in [0.25, 0.3) is 6.08 Å². The number of benzene rings is 2. The van der Waals surface area contributed by atoms with Crippen LogP contribution < -0.4 is 19.8 Å². The Balaban J connectivity index is 1.84. The molecule has 1 atom stereocenters. The quantitative estimate of drug-likeness (QED) is 0.422. The van der Waals surface area contributed by atoms with Crippen LogP contribution in [0.4, 0.5) is 5.69 Å². The first kappa shape index (κ1) is 25.9. The Hall–Kier alpha value is -3.16. The molecule has 1 unspecified atom stereocenters. The zero-order chi connectivity index (χ0) is 26.0. The third kappa shape index (κ3) is 5.18. The summed E-state index contributed by atoms with van der Waals surface area (Å²) in [5.74, 6) is -0.479. The van der Waals surface area contributed by atoms with Crippen molar-refractivity contribution < 1.29 is 9.53 Å². The summed E-state index contributed by atoms with van der Waals surface area (Å²) < 4.78 is 7.68. The van der Waals surface area contributed by atoms with Crippen LogP contribution in [-0.2, 0) is 9.53 Å². The van der Waals surface area contributed by atoms with Crippen molar-refractivity contribution in [3.8, 4) is 0 Å². The van der Waals surface area contributed by atoms with Gasteiger partial charge in [-0.05, 0) is 76.1 Å². The van der Waals surface area contributed by atoms with Gasteiger partial charge in [0.1, 0.15) is 0 Å². The second-order valence-corrected chi connectivity index (χ2v) is 10.3. The van der Waals surface area contributed by atoms with Crippen molar-refractivity contribution in [2.45, 2.75) is 46.8 Å². The summed E-state index contributed by atoms with van der Waals surface area (Å²) >= 11 is 7.44. The Morgan fingerprint density at radius 3 is 2.36 bits per heavy atom. The molecular weight excluding hydrogens is 494 g/mol. The summed E-state index contributed by atoms with van der Waals surface area (Å²) in [5, 5.41) is 0.575. The molecule has 1 aromatic heterocycles. The molecule has 0 amide bonds. The molecule has 0 aliphatic carbocycles. The van der Waals surface area contributed by atoms with Gasteiger partial charge >= 0.3 is 5.97 Å². The Morgan fingerprint density at radius 1 is 1.14 bits per heavy atom. The van der Waals surface area contributed by atoms with E-state index in [-0.39, 0.29) is 11.7 Å². The van der Waals surface area contributed by atoms with Crippen LogP contribution in [0.1, 0.15) is 51.8 Å². The number of allylic oxidation sites excluding steroid dienone is 1. The van der Waals surface area contributed by atoms with Crippen molar-refractivity contribution in [2.75, 3.05) is 18.0 Å². The van der Waals surface area contributed by atoms with Crippen molar-refractivity contribution >= 4 is 40.7 Å². The van der Waals surface area contributed by atoms with Gasteiger partial charge < -0.3 is 9.64 Å². The van der Waals surface area contributed by atoms with Gasteiger partial charge in [-0.15, -0.1) is 0 Å². The van der Waals surface area contributed by atoms with Gasteiger partial charge in [-0.2, -0.15) is 0 Å². The fourth-order valence-electron chi connectivity index (χ4n) is 4.34. The molecule has 8 heteroatoms. The van der Waals surface area contributed by atoms with Gasteiger partial charge in [-0.3, -0.25) is 9.36 Å². The fourth-order valence-corrected chi connectivity index (χ4v) is 5.51. The van der Waals surface area contributed by atoms with Crippen molar-refractivity contribution in [1.82, 2.24) is 4.57 Å². The molecule has 2 aromatic carbocycles. The van der Waals surface area contributed by atoms with Gasteiger partial charge in [0, 0.05) is 23.8 Å². The highest BCUT2D eigenvalue weighted by Crippen LogP contribution is 2.31. The molecule has 4 rings (SSSR count). The van der Waals surface area contributed by atoms with Crippen LogP contribution in [-0.4, -0.2) is 29.7 Å². The molecule has 1 aliphatic rings. The maximum Gasteiger partial charge on any atom is 0.338 e. The Bertz CT molecular complexity index is 1460. The highest BCUT2D eigenvalue weighted by Gasteiger charge is 2.33. The summed E-state index contributed by atoms with van der Waals surface area (Å²) in [6.07, 6.45) is 1.58. The minimum absolute atomic E-state index is 0.200. The lowest BCUT2D eigenvalue weighted by Gasteiger charge is -2.25. The second kappa shape index (κ2) is 10.8. The smallest absolute Gasteiger partial charge is 0.338 e. The van der Waals surface area contributed by atoms with Crippen molar-refractivity contribution in [1.29, 1.82) is 0 Å². The highest BCUT2D eigenvalue weighted by atomic mass is 35.5. The normalized spacial score (nSPS) is 15.6.